The van der Waals surface area contributed by atoms with Gasteiger partial charge in [-0.2, -0.15) is 4.98 Å². The summed E-state index contributed by atoms with van der Waals surface area (Å²) >= 11 is 6.33. The molecule has 1 atom stereocenters. The van der Waals surface area contributed by atoms with E-state index in [9.17, 15) is 0 Å². The second kappa shape index (κ2) is 8.67. The van der Waals surface area contributed by atoms with Crippen molar-refractivity contribution in [3.05, 3.63) is 65.0 Å². The van der Waals surface area contributed by atoms with Gasteiger partial charge in [-0.05, 0) is 43.7 Å². The van der Waals surface area contributed by atoms with Crippen LogP contribution in [-0.2, 0) is 13.0 Å². The first kappa shape index (κ1) is 18.2. The highest BCUT2D eigenvalue weighted by Gasteiger charge is 2.14. The maximum atomic E-state index is 6.33. The highest BCUT2D eigenvalue weighted by Crippen LogP contribution is 2.29. The van der Waals surface area contributed by atoms with Gasteiger partial charge < -0.3 is 14.6 Å². The van der Waals surface area contributed by atoms with E-state index >= 15 is 0 Å². The van der Waals surface area contributed by atoms with Gasteiger partial charge in [0.05, 0.1) is 10.7 Å². The molecular weight excluding hydrogens is 352 g/mol. The third kappa shape index (κ3) is 4.73. The third-order valence-corrected chi connectivity index (χ3v) is 4.04. The summed E-state index contributed by atoms with van der Waals surface area (Å²) in [5.74, 6) is 1.89. The monoisotopic (exact) mass is 372 g/mol. The number of nitrogens with zero attached hydrogens (tertiary/aromatic N) is 3. The van der Waals surface area contributed by atoms with E-state index in [4.69, 9.17) is 20.9 Å². The van der Waals surface area contributed by atoms with E-state index in [1.807, 2.05) is 43.3 Å². The predicted molar refractivity (Wildman–Crippen MR) is 100 cm³/mol. The molecule has 0 aliphatic carbocycles. The number of anilines is 1. The molecule has 136 valence electrons. The van der Waals surface area contributed by atoms with Crippen molar-refractivity contribution < 1.29 is 9.26 Å². The minimum atomic E-state index is -0.121. The summed E-state index contributed by atoms with van der Waals surface area (Å²) < 4.78 is 11.0. The van der Waals surface area contributed by atoms with Crippen molar-refractivity contribution in [2.45, 2.75) is 39.3 Å². The SMILES string of the molecule is CCCc1noc(C(C)Nc2ccc(OCc3ccccn3)c(Cl)c2)n1. The summed E-state index contributed by atoms with van der Waals surface area (Å²) in [7, 11) is 0. The van der Waals surface area contributed by atoms with Crippen LogP contribution in [0.25, 0.3) is 0 Å². The number of pyridine rings is 1. The van der Waals surface area contributed by atoms with Gasteiger partial charge in [0.25, 0.3) is 0 Å². The maximum absolute atomic E-state index is 6.33. The Morgan fingerprint density at radius 3 is 2.88 bits per heavy atom. The first-order valence-electron chi connectivity index (χ1n) is 8.57. The molecule has 1 unspecified atom stereocenters. The van der Waals surface area contributed by atoms with Crippen molar-refractivity contribution in [2.24, 2.45) is 0 Å². The van der Waals surface area contributed by atoms with Gasteiger partial charge in [0, 0.05) is 18.3 Å². The second-order valence-electron chi connectivity index (χ2n) is 5.92. The van der Waals surface area contributed by atoms with E-state index in [1.165, 1.54) is 0 Å². The van der Waals surface area contributed by atoms with E-state index in [0.717, 1.165) is 30.0 Å². The van der Waals surface area contributed by atoms with E-state index < -0.39 is 0 Å². The van der Waals surface area contributed by atoms with Crippen LogP contribution in [0.5, 0.6) is 5.75 Å². The first-order valence-corrected chi connectivity index (χ1v) is 8.94. The highest BCUT2D eigenvalue weighted by atomic mass is 35.5. The first-order chi connectivity index (χ1) is 12.7. The molecule has 3 rings (SSSR count). The second-order valence-corrected chi connectivity index (χ2v) is 6.33. The highest BCUT2D eigenvalue weighted by molar-refractivity contribution is 6.32. The number of hydrogen-bond donors (Lipinski definition) is 1. The Bertz CT molecular complexity index is 839. The normalized spacial score (nSPS) is 12.0. The van der Waals surface area contributed by atoms with Gasteiger partial charge in [-0.1, -0.05) is 29.7 Å². The molecular formula is C19H21ClN4O2. The molecule has 0 saturated heterocycles. The number of aryl methyl sites for hydroxylation is 1. The molecule has 0 bridgehead atoms. The van der Waals surface area contributed by atoms with Crippen molar-refractivity contribution in [3.8, 4) is 5.75 Å². The summed E-state index contributed by atoms with van der Waals surface area (Å²) in [6.45, 7) is 4.41. The van der Waals surface area contributed by atoms with Crippen LogP contribution in [0.1, 0.15) is 43.7 Å². The average Bonchev–Trinajstić information content (AvgIpc) is 3.11. The van der Waals surface area contributed by atoms with Crippen molar-refractivity contribution in [1.29, 1.82) is 0 Å². The van der Waals surface area contributed by atoms with Crippen molar-refractivity contribution >= 4 is 17.3 Å². The Balaban J connectivity index is 1.61. The molecule has 2 heterocycles. The number of rotatable bonds is 8. The lowest BCUT2D eigenvalue weighted by atomic mass is 10.2. The number of nitrogens with one attached hydrogen (secondary N) is 1. The lowest BCUT2D eigenvalue weighted by Gasteiger charge is -2.13. The molecule has 0 saturated carbocycles. The summed E-state index contributed by atoms with van der Waals surface area (Å²) in [6.07, 6.45) is 3.53. The minimum Gasteiger partial charge on any atom is -0.486 e. The van der Waals surface area contributed by atoms with Gasteiger partial charge in [0.15, 0.2) is 5.82 Å². The molecule has 7 heteroatoms. The molecule has 0 spiro atoms. The number of halogens is 1. The lowest BCUT2D eigenvalue weighted by Crippen LogP contribution is -2.07. The summed E-state index contributed by atoms with van der Waals surface area (Å²) in [6, 6.07) is 11.1. The Morgan fingerprint density at radius 1 is 1.27 bits per heavy atom. The summed E-state index contributed by atoms with van der Waals surface area (Å²) in [5.41, 5.74) is 1.70. The molecule has 0 radical (unpaired) electrons. The predicted octanol–water partition coefficient (Wildman–Crippen LogP) is 4.82. The zero-order valence-corrected chi connectivity index (χ0v) is 15.5. The summed E-state index contributed by atoms with van der Waals surface area (Å²) in [4.78, 5) is 8.62. The van der Waals surface area contributed by atoms with Gasteiger partial charge in [-0.25, -0.2) is 0 Å². The fourth-order valence-corrected chi connectivity index (χ4v) is 2.66. The Hall–Kier alpha value is -2.60. The third-order valence-electron chi connectivity index (χ3n) is 3.74. The molecule has 3 aromatic rings. The van der Waals surface area contributed by atoms with Crippen molar-refractivity contribution in [2.75, 3.05) is 5.32 Å². The summed E-state index contributed by atoms with van der Waals surface area (Å²) in [5, 5.41) is 7.81. The molecule has 0 fully saturated rings. The van der Waals surface area contributed by atoms with Crippen molar-refractivity contribution in [3.63, 3.8) is 0 Å². The minimum absolute atomic E-state index is 0.121. The largest absolute Gasteiger partial charge is 0.486 e. The molecule has 0 aliphatic heterocycles. The molecule has 2 aromatic heterocycles. The standard InChI is InChI=1S/C19H21ClN4O2/c1-3-6-18-23-19(26-24-18)13(2)22-14-8-9-17(16(20)11-14)25-12-15-7-4-5-10-21-15/h4-5,7-11,13,22H,3,6,12H2,1-2H3. The average molecular weight is 373 g/mol. The Kier molecular flexibility index (Phi) is 6.07. The number of benzene rings is 1. The van der Waals surface area contributed by atoms with Crippen LogP contribution in [0.15, 0.2) is 47.1 Å². The quantitative estimate of drug-likeness (QED) is 0.611. The van der Waals surface area contributed by atoms with Gasteiger partial charge >= 0.3 is 0 Å². The van der Waals surface area contributed by atoms with E-state index in [-0.39, 0.29) is 6.04 Å². The molecule has 26 heavy (non-hydrogen) atoms. The van der Waals surface area contributed by atoms with Crippen LogP contribution in [-0.4, -0.2) is 15.1 Å². The van der Waals surface area contributed by atoms with Gasteiger partial charge in [-0.3, -0.25) is 4.98 Å². The van der Waals surface area contributed by atoms with Crippen LogP contribution >= 0.6 is 11.6 Å². The smallest absolute Gasteiger partial charge is 0.248 e. The Morgan fingerprint density at radius 2 is 2.15 bits per heavy atom. The topological polar surface area (TPSA) is 73.1 Å². The fourth-order valence-electron chi connectivity index (χ4n) is 2.42. The maximum Gasteiger partial charge on any atom is 0.248 e. The van der Waals surface area contributed by atoms with E-state index in [2.05, 4.69) is 27.4 Å². The van der Waals surface area contributed by atoms with Crippen LogP contribution in [0.2, 0.25) is 5.02 Å². The number of hydrogen-bond acceptors (Lipinski definition) is 6. The van der Waals surface area contributed by atoms with Crippen LogP contribution in [0.3, 0.4) is 0 Å². The van der Waals surface area contributed by atoms with Crippen LogP contribution in [0, 0.1) is 0 Å². The number of aromatic nitrogens is 3. The Labute approximate surface area is 157 Å². The molecule has 0 amide bonds. The lowest BCUT2D eigenvalue weighted by molar-refractivity contribution is 0.301. The van der Waals surface area contributed by atoms with Crippen molar-refractivity contribution in [1.82, 2.24) is 15.1 Å². The zero-order valence-electron chi connectivity index (χ0n) is 14.8. The molecule has 6 nitrogen and oxygen atoms in total. The van der Waals surface area contributed by atoms with Gasteiger partial charge in [-0.15, -0.1) is 0 Å². The van der Waals surface area contributed by atoms with Crippen LogP contribution in [0.4, 0.5) is 5.69 Å². The molecule has 1 N–H and O–H groups in total. The molecule has 1 aromatic carbocycles. The van der Waals surface area contributed by atoms with Gasteiger partial charge in [0.1, 0.15) is 18.4 Å². The van der Waals surface area contributed by atoms with E-state index in [1.54, 1.807) is 6.20 Å². The molecule has 0 aliphatic rings. The fraction of sp³-hybridized carbons (Fsp3) is 0.316. The van der Waals surface area contributed by atoms with Gasteiger partial charge in [0.2, 0.25) is 5.89 Å². The zero-order chi connectivity index (χ0) is 18.4. The van der Waals surface area contributed by atoms with E-state index in [0.29, 0.717) is 23.3 Å². The van der Waals surface area contributed by atoms with Crippen LogP contribution < -0.4 is 10.1 Å². The number of ether oxygens (including phenoxy) is 1.